The van der Waals surface area contributed by atoms with Gasteiger partial charge in [-0.2, -0.15) is 0 Å². The molecule has 0 spiro atoms. The van der Waals surface area contributed by atoms with Crippen molar-refractivity contribution in [3.8, 4) is 0 Å². The second-order valence-electron chi connectivity index (χ2n) is 6.59. The average molecular weight is 318 g/mol. The first-order chi connectivity index (χ1) is 11.1. The van der Waals surface area contributed by atoms with Crippen LogP contribution in [0.25, 0.3) is 0 Å². The number of carbonyl (C=O) groups excluding carboxylic acids is 1. The molecule has 0 saturated heterocycles. The van der Waals surface area contributed by atoms with Crippen LogP contribution in [-0.4, -0.2) is 39.3 Å². The Labute approximate surface area is 140 Å². The first kappa shape index (κ1) is 17.8. The molecule has 4 heteroatoms. The van der Waals surface area contributed by atoms with Gasteiger partial charge in [0.05, 0.1) is 6.10 Å². The first-order valence-corrected chi connectivity index (χ1v) is 8.80. The van der Waals surface area contributed by atoms with E-state index in [0.29, 0.717) is 12.6 Å². The zero-order chi connectivity index (χ0) is 16.5. The molecule has 128 valence electrons. The molecule has 1 fully saturated rings. The average Bonchev–Trinajstić information content (AvgIpc) is 2.58. The van der Waals surface area contributed by atoms with Crippen molar-refractivity contribution < 1.29 is 9.53 Å². The zero-order valence-corrected chi connectivity index (χ0v) is 14.5. The monoisotopic (exact) mass is 318 g/mol. The van der Waals surface area contributed by atoms with Crippen LogP contribution in [0.5, 0.6) is 0 Å². The molecular formula is C19H30N2O2. The van der Waals surface area contributed by atoms with Crippen LogP contribution in [0.3, 0.4) is 0 Å². The molecule has 0 aromatic heterocycles. The van der Waals surface area contributed by atoms with E-state index in [4.69, 9.17) is 4.74 Å². The summed E-state index contributed by atoms with van der Waals surface area (Å²) in [6.45, 7) is 0.921. The quantitative estimate of drug-likeness (QED) is 0.749. The maximum absolute atomic E-state index is 11.8. The Kier molecular flexibility index (Phi) is 7.40. The smallest absolute Gasteiger partial charge is 0.246 e. The third-order valence-corrected chi connectivity index (χ3v) is 4.42. The lowest BCUT2D eigenvalue weighted by molar-refractivity contribution is -0.128. The topological polar surface area (TPSA) is 41.6 Å². The number of nitrogens with one attached hydrogen (secondary N) is 1. The number of hydrogen-bond acceptors (Lipinski definition) is 3. The molecule has 0 unspecified atom stereocenters. The van der Waals surface area contributed by atoms with E-state index in [1.165, 1.54) is 30.5 Å². The van der Waals surface area contributed by atoms with Crippen molar-refractivity contribution >= 4 is 11.6 Å². The minimum atomic E-state index is 0.0125. The molecule has 1 saturated carbocycles. The summed E-state index contributed by atoms with van der Waals surface area (Å²) in [4.78, 5) is 13.9. The van der Waals surface area contributed by atoms with E-state index < -0.39 is 0 Å². The van der Waals surface area contributed by atoms with Crippen LogP contribution in [-0.2, 0) is 16.0 Å². The van der Waals surface area contributed by atoms with Crippen molar-refractivity contribution in [2.24, 2.45) is 0 Å². The Balaban J connectivity index is 1.56. The van der Waals surface area contributed by atoms with Gasteiger partial charge in [-0.1, -0.05) is 31.4 Å². The molecule has 0 radical (unpaired) electrons. The highest BCUT2D eigenvalue weighted by Crippen LogP contribution is 2.20. The third-order valence-electron chi connectivity index (χ3n) is 4.42. The van der Waals surface area contributed by atoms with Crippen LogP contribution in [0.1, 0.15) is 44.1 Å². The number of hydrogen-bond donors (Lipinski definition) is 1. The lowest BCUT2D eigenvalue weighted by atomic mass is 9.98. The fourth-order valence-electron chi connectivity index (χ4n) is 2.96. The van der Waals surface area contributed by atoms with E-state index in [9.17, 15) is 4.79 Å². The van der Waals surface area contributed by atoms with Gasteiger partial charge in [-0.25, -0.2) is 0 Å². The van der Waals surface area contributed by atoms with Gasteiger partial charge in [0, 0.05) is 26.3 Å². The highest BCUT2D eigenvalue weighted by Gasteiger charge is 2.14. The second-order valence-corrected chi connectivity index (χ2v) is 6.59. The van der Waals surface area contributed by atoms with Crippen LogP contribution in [0.4, 0.5) is 5.69 Å². The molecule has 1 aliphatic rings. The summed E-state index contributed by atoms with van der Waals surface area (Å²) in [6.07, 6.45) is 8.23. The number of amides is 1. The van der Waals surface area contributed by atoms with Gasteiger partial charge in [-0.15, -0.1) is 0 Å². The SMILES string of the molecule is CN(C)c1ccc(CCCNC(=O)COC2CCCCC2)cc1. The summed E-state index contributed by atoms with van der Waals surface area (Å²) >= 11 is 0. The van der Waals surface area contributed by atoms with Gasteiger partial charge in [0.25, 0.3) is 0 Å². The van der Waals surface area contributed by atoms with Gasteiger partial charge in [-0.3, -0.25) is 4.79 Å². The molecule has 1 aromatic carbocycles. The van der Waals surface area contributed by atoms with Gasteiger partial charge in [0.1, 0.15) is 6.61 Å². The van der Waals surface area contributed by atoms with Crippen molar-refractivity contribution in [1.82, 2.24) is 5.32 Å². The molecule has 0 bridgehead atoms. The molecule has 2 rings (SSSR count). The summed E-state index contributed by atoms with van der Waals surface area (Å²) in [6, 6.07) is 8.57. The number of rotatable bonds is 8. The highest BCUT2D eigenvalue weighted by molar-refractivity contribution is 5.77. The molecule has 1 aliphatic carbocycles. The summed E-state index contributed by atoms with van der Waals surface area (Å²) in [5.41, 5.74) is 2.52. The maximum Gasteiger partial charge on any atom is 0.246 e. The van der Waals surface area contributed by atoms with E-state index in [1.54, 1.807) is 0 Å². The Hall–Kier alpha value is -1.55. The predicted octanol–water partition coefficient (Wildman–Crippen LogP) is 3.15. The predicted molar refractivity (Wildman–Crippen MR) is 94.9 cm³/mol. The lowest BCUT2D eigenvalue weighted by Crippen LogP contribution is -2.31. The van der Waals surface area contributed by atoms with Crippen LogP contribution < -0.4 is 10.2 Å². The molecule has 4 nitrogen and oxygen atoms in total. The molecule has 0 heterocycles. The Bertz CT molecular complexity index is 465. The number of anilines is 1. The van der Waals surface area contributed by atoms with E-state index in [1.807, 2.05) is 14.1 Å². The fourth-order valence-corrected chi connectivity index (χ4v) is 2.96. The Morgan fingerprint density at radius 2 is 1.87 bits per heavy atom. The van der Waals surface area contributed by atoms with Crippen molar-refractivity contribution in [3.05, 3.63) is 29.8 Å². The van der Waals surface area contributed by atoms with Crippen LogP contribution in [0, 0.1) is 0 Å². The van der Waals surface area contributed by atoms with Crippen LogP contribution in [0.2, 0.25) is 0 Å². The number of benzene rings is 1. The largest absolute Gasteiger partial charge is 0.378 e. The fraction of sp³-hybridized carbons (Fsp3) is 0.632. The molecular weight excluding hydrogens is 288 g/mol. The van der Waals surface area contributed by atoms with Crippen molar-refractivity contribution in [3.63, 3.8) is 0 Å². The summed E-state index contributed by atoms with van der Waals surface area (Å²) in [5.74, 6) is 0.0125. The van der Waals surface area contributed by atoms with E-state index in [2.05, 4.69) is 34.5 Å². The van der Waals surface area contributed by atoms with E-state index in [-0.39, 0.29) is 12.5 Å². The summed E-state index contributed by atoms with van der Waals surface area (Å²) < 4.78 is 5.68. The number of aryl methyl sites for hydroxylation is 1. The molecule has 0 atom stereocenters. The van der Waals surface area contributed by atoms with Gasteiger partial charge in [-0.05, 0) is 43.4 Å². The van der Waals surface area contributed by atoms with Crippen molar-refractivity contribution in [1.29, 1.82) is 0 Å². The molecule has 1 aromatic rings. The summed E-state index contributed by atoms with van der Waals surface area (Å²) in [7, 11) is 4.08. The van der Waals surface area contributed by atoms with Crippen molar-refractivity contribution in [2.45, 2.75) is 51.0 Å². The summed E-state index contributed by atoms with van der Waals surface area (Å²) in [5, 5.41) is 2.95. The van der Waals surface area contributed by atoms with Crippen LogP contribution in [0.15, 0.2) is 24.3 Å². The second kappa shape index (κ2) is 9.56. The lowest BCUT2D eigenvalue weighted by Gasteiger charge is -2.21. The minimum Gasteiger partial charge on any atom is -0.378 e. The van der Waals surface area contributed by atoms with Gasteiger partial charge < -0.3 is 15.0 Å². The third kappa shape index (κ3) is 6.61. The maximum atomic E-state index is 11.8. The van der Waals surface area contributed by atoms with E-state index in [0.717, 1.165) is 25.7 Å². The molecule has 23 heavy (non-hydrogen) atoms. The van der Waals surface area contributed by atoms with Gasteiger partial charge in [0.15, 0.2) is 0 Å². The van der Waals surface area contributed by atoms with Gasteiger partial charge in [0.2, 0.25) is 5.91 Å². The Morgan fingerprint density at radius 3 is 2.52 bits per heavy atom. The first-order valence-electron chi connectivity index (χ1n) is 8.80. The van der Waals surface area contributed by atoms with Crippen LogP contribution >= 0.6 is 0 Å². The van der Waals surface area contributed by atoms with E-state index >= 15 is 0 Å². The molecule has 1 amide bonds. The van der Waals surface area contributed by atoms with Gasteiger partial charge >= 0.3 is 0 Å². The standard InChI is InChI=1S/C19H30N2O2/c1-21(2)17-12-10-16(11-13-17)7-6-14-20-19(22)15-23-18-8-4-3-5-9-18/h10-13,18H,3-9,14-15H2,1-2H3,(H,20,22). The number of nitrogens with zero attached hydrogens (tertiary/aromatic N) is 1. The number of carbonyl (C=O) groups is 1. The molecule has 0 aliphatic heterocycles. The molecule has 1 N–H and O–H groups in total. The highest BCUT2D eigenvalue weighted by atomic mass is 16.5. The minimum absolute atomic E-state index is 0.0125. The Morgan fingerprint density at radius 1 is 1.17 bits per heavy atom. The number of ether oxygens (including phenoxy) is 1. The van der Waals surface area contributed by atoms with Crippen molar-refractivity contribution in [2.75, 3.05) is 32.1 Å². The zero-order valence-electron chi connectivity index (χ0n) is 14.5. The normalized spacial score (nSPS) is 15.4.